The van der Waals surface area contributed by atoms with Gasteiger partial charge in [-0.2, -0.15) is 5.10 Å². The van der Waals surface area contributed by atoms with Gasteiger partial charge in [-0.15, -0.1) is 0 Å². The minimum Gasteiger partial charge on any atom is -0.455 e. The average Bonchev–Trinajstić information content (AvgIpc) is 3.60. The number of benzene rings is 3. The van der Waals surface area contributed by atoms with Gasteiger partial charge in [-0.25, -0.2) is 12.8 Å². The second kappa shape index (κ2) is 11.4. The molecule has 1 saturated heterocycles. The van der Waals surface area contributed by atoms with Gasteiger partial charge in [-0.1, -0.05) is 15.9 Å². The second-order valence-electron chi connectivity index (χ2n) is 10.9. The van der Waals surface area contributed by atoms with Crippen molar-refractivity contribution in [2.75, 3.05) is 37.7 Å². The summed E-state index contributed by atoms with van der Waals surface area (Å²) < 4.78 is 47.5. The topological polar surface area (TPSA) is 129 Å². The summed E-state index contributed by atoms with van der Waals surface area (Å²) in [5.41, 5.74) is 3.15. The highest BCUT2D eigenvalue weighted by Crippen LogP contribution is 2.42. The first-order chi connectivity index (χ1) is 21.0. The van der Waals surface area contributed by atoms with Gasteiger partial charge in [0.25, 0.3) is 11.8 Å². The summed E-state index contributed by atoms with van der Waals surface area (Å²) in [6.45, 7) is 0.835. The minimum atomic E-state index is -3.69. The Morgan fingerprint density at radius 2 is 1.89 bits per heavy atom. The van der Waals surface area contributed by atoms with Gasteiger partial charge in [0.05, 0.1) is 23.0 Å². The number of fused-ring (bicyclic) bond motifs is 2. The van der Waals surface area contributed by atoms with Crippen LogP contribution in [0.25, 0.3) is 33.2 Å². The van der Waals surface area contributed by atoms with Gasteiger partial charge in [0.1, 0.15) is 17.2 Å². The number of amides is 2. The van der Waals surface area contributed by atoms with E-state index in [9.17, 15) is 22.4 Å². The highest BCUT2D eigenvalue weighted by atomic mass is 79.9. The first-order valence-corrected chi connectivity index (χ1v) is 16.6. The van der Waals surface area contributed by atoms with Crippen LogP contribution in [0.4, 0.5) is 10.1 Å². The number of sulfonamides is 1. The van der Waals surface area contributed by atoms with E-state index in [-0.39, 0.29) is 23.1 Å². The molecule has 5 aromatic rings. The summed E-state index contributed by atoms with van der Waals surface area (Å²) >= 11 is 3.44. The average molecular weight is 683 g/mol. The molecule has 13 heteroatoms. The molecule has 3 heterocycles. The van der Waals surface area contributed by atoms with Gasteiger partial charge in [-0.3, -0.25) is 19.0 Å². The predicted octanol–water partition coefficient (Wildman–Crippen LogP) is 5.65. The van der Waals surface area contributed by atoms with Gasteiger partial charge in [0.15, 0.2) is 5.69 Å². The summed E-state index contributed by atoms with van der Waals surface area (Å²) in [6, 6.07) is 14.5. The van der Waals surface area contributed by atoms with Crippen LogP contribution in [0, 0.1) is 5.82 Å². The lowest BCUT2D eigenvalue weighted by Gasteiger charge is -2.34. The number of nitrogens with one attached hydrogen (secondary N) is 2. The number of carbonyl (C=O) groups excluding carboxylic acids is 2. The lowest BCUT2D eigenvalue weighted by molar-refractivity contribution is 0.0703. The van der Waals surface area contributed by atoms with E-state index in [2.05, 4.69) is 31.4 Å². The summed E-state index contributed by atoms with van der Waals surface area (Å²) in [5, 5.41) is 11.1. The maximum Gasteiger partial charge on any atom is 0.275 e. The Hall–Kier alpha value is -4.23. The second-order valence-corrected chi connectivity index (χ2v) is 13.8. The van der Waals surface area contributed by atoms with Crippen molar-refractivity contribution in [3.8, 4) is 11.3 Å². The number of hydrogen-bond donors (Lipinski definition) is 2. The van der Waals surface area contributed by atoms with Crippen molar-refractivity contribution in [2.45, 2.75) is 18.8 Å². The van der Waals surface area contributed by atoms with Crippen LogP contribution in [-0.2, 0) is 10.0 Å². The molecule has 0 aliphatic carbocycles. The van der Waals surface area contributed by atoms with E-state index in [1.54, 1.807) is 17.0 Å². The van der Waals surface area contributed by atoms with E-state index in [4.69, 9.17) is 4.42 Å². The summed E-state index contributed by atoms with van der Waals surface area (Å²) in [6.07, 6.45) is 2.48. The smallest absolute Gasteiger partial charge is 0.275 e. The van der Waals surface area contributed by atoms with Crippen molar-refractivity contribution in [1.82, 2.24) is 20.4 Å². The van der Waals surface area contributed by atoms with E-state index in [0.717, 1.165) is 16.2 Å². The SMILES string of the molecule is CNC(=O)c1c(-c2ccc(F)cc2)oc2cc(N(C)S(C)(=O)=O)c([C@H]3CCCN(C(=O)c4n[nH]c5cc(Br)ccc45)C3)cc12. The van der Waals surface area contributed by atoms with Crippen LogP contribution in [0.3, 0.4) is 0 Å². The van der Waals surface area contributed by atoms with Crippen LogP contribution in [0.5, 0.6) is 0 Å². The van der Waals surface area contributed by atoms with E-state index < -0.39 is 21.7 Å². The Morgan fingerprint density at radius 3 is 2.59 bits per heavy atom. The monoisotopic (exact) mass is 681 g/mol. The molecule has 0 spiro atoms. The number of halogens is 2. The molecule has 2 N–H and O–H groups in total. The molecular weight excluding hydrogens is 653 g/mol. The maximum absolute atomic E-state index is 13.7. The van der Waals surface area contributed by atoms with Crippen LogP contribution in [0.2, 0.25) is 0 Å². The number of aromatic amines is 1. The summed E-state index contributed by atoms with van der Waals surface area (Å²) in [4.78, 5) is 28.7. The third kappa shape index (κ3) is 5.34. The Labute approximate surface area is 261 Å². The fraction of sp³-hybridized carbons (Fsp3) is 0.258. The van der Waals surface area contributed by atoms with Crippen molar-refractivity contribution >= 4 is 65.3 Å². The van der Waals surface area contributed by atoms with Gasteiger partial charge < -0.3 is 14.6 Å². The standard InChI is InChI=1S/C31H29BrFN5O5S/c1-34-30(39)27-23-14-22(18-5-4-12-38(16-18)31(40)28-21-11-8-19(32)13-24(21)35-36-28)25(37(2)44(3,41)42)15-26(23)43-29(27)17-6-9-20(33)10-7-17/h6-11,13-15,18H,4-5,12,16H2,1-3H3,(H,34,39)(H,35,36)/t18-/m0/s1. The molecule has 2 amide bonds. The zero-order valence-corrected chi connectivity index (χ0v) is 26.6. The Kier molecular flexibility index (Phi) is 7.70. The van der Waals surface area contributed by atoms with Gasteiger partial charge in [-0.05, 0) is 66.9 Å². The molecular formula is C31H29BrFN5O5S. The van der Waals surface area contributed by atoms with E-state index in [1.165, 1.54) is 42.7 Å². The molecule has 1 fully saturated rings. The fourth-order valence-electron chi connectivity index (χ4n) is 5.80. The molecule has 1 atom stereocenters. The van der Waals surface area contributed by atoms with E-state index >= 15 is 0 Å². The quantitative estimate of drug-likeness (QED) is 0.238. The van der Waals surface area contributed by atoms with Gasteiger partial charge in [0, 0.05) is 60.0 Å². The highest BCUT2D eigenvalue weighted by molar-refractivity contribution is 9.10. The zero-order chi connectivity index (χ0) is 31.3. The van der Waals surface area contributed by atoms with E-state index in [1.807, 2.05) is 18.2 Å². The molecule has 0 unspecified atom stereocenters. The maximum atomic E-state index is 13.7. The molecule has 6 rings (SSSR count). The Bertz CT molecular complexity index is 2040. The molecule has 44 heavy (non-hydrogen) atoms. The Morgan fingerprint density at radius 1 is 1.14 bits per heavy atom. The van der Waals surface area contributed by atoms with Crippen LogP contribution in [0.15, 0.2) is 63.5 Å². The first kappa shape index (κ1) is 29.8. The zero-order valence-electron chi connectivity index (χ0n) is 24.1. The third-order valence-electron chi connectivity index (χ3n) is 8.11. The lowest BCUT2D eigenvalue weighted by atomic mass is 9.88. The van der Waals surface area contributed by atoms with Crippen LogP contribution in [-0.4, -0.2) is 68.8 Å². The van der Waals surface area contributed by atoms with Crippen LogP contribution >= 0.6 is 15.9 Å². The number of nitrogens with zero attached hydrogens (tertiary/aromatic N) is 3. The lowest BCUT2D eigenvalue weighted by Crippen LogP contribution is -2.40. The number of furan rings is 1. The number of H-pyrrole nitrogens is 1. The van der Waals surface area contributed by atoms with Crippen molar-refractivity contribution in [3.05, 3.63) is 81.7 Å². The first-order valence-electron chi connectivity index (χ1n) is 13.9. The molecule has 0 saturated carbocycles. The van der Waals surface area contributed by atoms with Crippen molar-refractivity contribution in [3.63, 3.8) is 0 Å². The van der Waals surface area contributed by atoms with Crippen molar-refractivity contribution in [1.29, 1.82) is 0 Å². The number of rotatable bonds is 6. The Balaban J connectivity index is 1.47. The highest BCUT2D eigenvalue weighted by Gasteiger charge is 2.32. The molecule has 2 aromatic heterocycles. The summed E-state index contributed by atoms with van der Waals surface area (Å²) in [7, 11) is -0.722. The number of carbonyl (C=O) groups is 2. The molecule has 3 aromatic carbocycles. The molecule has 228 valence electrons. The predicted molar refractivity (Wildman–Crippen MR) is 170 cm³/mol. The van der Waals surface area contributed by atoms with Gasteiger partial charge >= 0.3 is 0 Å². The number of likely N-dealkylation sites (tertiary alicyclic amines) is 1. The number of piperidine rings is 1. The number of aromatic nitrogens is 2. The van der Waals surface area contributed by atoms with Crippen LogP contribution < -0.4 is 9.62 Å². The minimum absolute atomic E-state index is 0.227. The number of anilines is 1. The number of hydrogen-bond acceptors (Lipinski definition) is 6. The van der Waals surface area contributed by atoms with Gasteiger partial charge in [0.2, 0.25) is 10.0 Å². The van der Waals surface area contributed by atoms with E-state index in [0.29, 0.717) is 64.8 Å². The molecule has 10 nitrogen and oxygen atoms in total. The molecule has 1 aliphatic heterocycles. The third-order valence-corrected chi connectivity index (χ3v) is 9.80. The molecule has 0 radical (unpaired) electrons. The van der Waals surface area contributed by atoms with Crippen LogP contribution in [0.1, 0.15) is 45.2 Å². The fourth-order valence-corrected chi connectivity index (χ4v) is 6.68. The molecule has 0 bridgehead atoms. The normalized spacial score (nSPS) is 15.6. The van der Waals surface area contributed by atoms with Crippen molar-refractivity contribution in [2.24, 2.45) is 0 Å². The van der Waals surface area contributed by atoms with Crippen molar-refractivity contribution < 1.29 is 26.8 Å². The summed E-state index contributed by atoms with van der Waals surface area (Å²) in [5.74, 6) is -1.08. The largest absolute Gasteiger partial charge is 0.455 e. The molecule has 1 aliphatic rings.